The summed E-state index contributed by atoms with van der Waals surface area (Å²) < 4.78 is 69.9. The molecule has 1 fully saturated rings. The first-order valence-electron chi connectivity index (χ1n) is 9.98. The van der Waals surface area contributed by atoms with Crippen LogP contribution in [0.2, 0.25) is 0 Å². The lowest BCUT2D eigenvalue weighted by molar-refractivity contribution is -0.274. The molecule has 0 spiro atoms. The first-order chi connectivity index (χ1) is 15.1. The van der Waals surface area contributed by atoms with Crippen LogP contribution in [0, 0.1) is 0 Å². The predicted molar refractivity (Wildman–Crippen MR) is 120 cm³/mol. The summed E-state index contributed by atoms with van der Waals surface area (Å²) in [5.74, 6) is -0.479. The number of aromatic nitrogens is 1. The maximum absolute atomic E-state index is 13.4. The predicted octanol–water partition coefficient (Wildman–Crippen LogP) is 4.68. The van der Waals surface area contributed by atoms with Gasteiger partial charge < -0.3 is 14.5 Å². The number of halogens is 4. The number of hydrogen-bond acceptors (Lipinski definition) is 5. The summed E-state index contributed by atoms with van der Waals surface area (Å²) in [4.78, 5) is 4.36. The number of nitrogens with zero attached hydrogens (tertiary/aromatic N) is 3. The average Bonchev–Trinajstić information content (AvgIpc) is 3.12. The van der Waals surface area contributed by atoms with E-state index in [-0.39, 0.29) is 4.90 Å². The molecule has 0 bridgehead atoms. The van der Waals surface area contributed by atoms with Crippen molar-refractivity contribution in [3.8, 4) is 5.75 Å². The van der Waals surface area contributed by atoms with Gasteiger partial charge in [-0.3, -0.25) is 0 Å². The van der Waals surface area contributed by atoms with Crippen molar-refractivity contribution in [2.45, 2.75) is 18.2 Å². The Balaban J connectivity index is 1.74. The second-order valence-corrected chi connectivity index (χ2v) is 10.1. The first kappa shape index (κ1) is 22.9. The molecule has 0 unspecified atom stereocenters. The third-order valence-corrected chi connectivity index (χ3v) is 7.67. The van der Waals surface area contributed by atoms with Crippen LogP contribution in [-0.4, -0.2) is 56.4 Å². The Morgan fingerprint density at radius 3 is 2.28 bits per heavy atom. The minimum atomic E-state index is -4.85. The standard InChI is InChI=1S/C21H21BrF3N3O3S/c1-2-26-9-11-27(12-10-26)20-14-28(19-8-3-15(22)13-18(19)20)32(29,30)17-6-4-16(5-7-17)31-21(23,24)25/h3-8,13-14H,2,9-12H2,1H3. The number of rotatable bonds is 5. The van der Waals surface area contributed by atoms with E-state index in [1.54, 1.807) is 18.3 Å². The van der Waals surface area contributed by atoms with Crippen LogP contribution in [0.15, 0.2) is 58.0 Å². The van der Waals surface area contributed by atoms with E-state index < -0.39 is 22.1 Å². The van der Waals surface area contributed by atoms with Crippen LogP contribution in [-0.2, 0) is 10.0 Å². The molecule has 0 saturated carbocycles. The van der Waals surface area contributed by atoms with Crippen LogP contribution in [0.4, 0.5) is 18.9 Å². The molecule has 2 heterocycles. The number of hydrogen-bond donors (Lipinski definition) is 0. The van der Waals surface area contributed by atoms with Gasteiger partial charge in [-0.15, -0.1) is 13.2 Å². The highest BCUT2D eigenvalue weighted by Crippen LogP contribution is 2.35. The number of anilines is 1. The molecule has 1 aliphatic heterocycles. The highest BCUT2D eigenvalue weighted by atomic mass is 79.9. The van der Waals surface area contributed by atoms with Gasteiger partial charge in [0.05, 0.1) is 16.1 Å². The van der Waals surface area contributed by atoms with Crippen LogP contribution in [0.3, 0.4) is 0 Å². The summed E-state index contributed by atoms with van der Waals surface area (Å²) in [6, 6.07) is 9.56. The van der Waals surface area contributed by atoms with E-state index in [2.05, 4.69) is 37.4 Å². The second kappa shape index (κ2) is 8.60. The minimum absolute atomic E-state index is 0.130. The third-order valence-electron chi connectivity index (χ3n) is 5.49. The molecule has 172 valence electrons. The maximum Gasteiger partial charge on any atom is 0.573 e. The number of piperazine rings is 1. The highest BCUT2D eigenvalue weighted by Gasteiger charge is 2.31. The van der Waals surface area contributed by atoms with Crippen LogP contribution in [0.25, 0.3) is 10.9 Å². The van der Waals surface area contributed by atoms with Crippen molar-refractivity contribution in [3.63, 3.8) is 0 Å². The Hall–Kier alpha value is -2.24. The van der Waals surface area contributed by atoms with E-state index in [4.69, 9.17) is 0 Å². The van der Waals surface area contributed by atoms with Gasteiger partial charge in [-0.05, 0) is 49.0 Å². The molecule has 0 atom stereocenters. The van der Waals surface area contributed by atoms with Crippen LogP contribution >= 0.6 is 15.9 Å². The van der Waals surface area contributed by atoms with Gasteiger partial charge in [0.15, 0.2) is 0 Å². The Kier molecular flexibility index (Phi) is 6.17. The highest BCUT2D eigenvalue weighted by molar-refractivity contribution is 9.10. The van der Waals surface area contributed by atoms with Crippen LogP contribution in [0.1, 0.15) is 6.92 Å². The quantitative estimate of drug-likeness (QED) is 0.478. The van der Waals surface area contributed by atoms with E-state index in [1.807, 2.05) is 6.07 Å². The molecule has 6 nitrogen and oxygen atoms in total. The van der Waals surface area contributed by atoms with Gasteiger partial charge in [0.1, 0.15) is 5.75 Å². The summed E-state index contributed by atoms with van der Waals surface area (Å²) in [6.45, 7) is 6.36. The van der Waals surface area contributed by atoms with Gasteiger partial charge in [-0.2, -0.15) is 0 Å². The van der Waals surface area contributed by atoms with Gasteiger partial charge in [0.2, 0.25) is 0 Å². The van der Waals surface area contributed by atoms with Gasteiger partial charge >= 0.3 is 6.36 Å². The summed E-state index contributed by atoms with van der Waals surface area (Å²) in [6.07, 6.45) is -3.25. The fourth-order valence-electron chi connectivity index (χ4n) is 3.84. The molecular weight excluding hydrogens is 511 g/mol. The maximum atomic E-state index is 13.4. The van der Waals surface area contributed by atoms with Crippen molar-refractivity contribution in [3.05, 3.63) is 53.1 Å². The van der Waals surface area contributed by atoms with Crippen molar-refractivity contribution >= 4 is 42.5 Å². The normalized spacial score (nSPS) is 16.0. The molecule has 1 saturated heterocycles. The third kappa shape index (κ3) is 4.60. The van der Waals surface area contributed by atoms with Gasteiger partial charge in [-0.1, -0.05) is 22.9 Å². The van der Waals surface area contributed by atoms with E-state index >= 15 is 0 Å². The van der Waals surface area contributed by atoms with Gasteiger partial charge in [-0.25, -0.2) is 12.4 Å². The zero-order valence-electron chi connectivity index (χ0n) is 17.1. The lowest BCUT2D eigenvalue weighted by Crippen LogP contribution is -2.46. The fraction of sp³-hybridized carbons (Fsp3) is 0.333. The molecule has 0 amide bonds. The number of alkyl halides is 3. The number of benzene rings is 2. The van der Waals surface area contributed by atoms with Crippen LogP contribution < -0.4 is 9.64 Å². The first-order valence-corrected chi connectivity index (χ1v) is 12.2. The van der Waals surface area contributed by atoms with Crippen LogP contribution in [0.5, 0.6) is 5.75 Å². The summed E-state index contributed by atoms with van der Waals surface area (Å²) in [7, 11) is -4.04. The van der Waals surface area contributed by atoms with Gasteiger partial charge in [0.25, 0.3) is 10.0 Å². The lowest BCUT2D eigenvalue weighted by atomic mass is 10.2. The molecule has 3 aromatic rings. The van der Waals surface area contributed by atoms with Crippen molar-refractivity contribution in [2.75, 3.05) is 37.6 Å². The van der Waals surface area contributed by atoms with E-state index in [1.165, 1.54) is 3.97 Å². The molecule has 0 aliphatic carbocycles. The zero-order valence-corrected chi connectivity index (χ0v) is 19.5. The fourth-order valence-corrected chi connectivity index (χ4v) is 5.56. The van der Waals surface area contributed by atoms with E-state index in [0.29, 0.717) is 5.52 Å². The lowest BCUT2D eigenvalue weighted by Gasteiger charge is -2.35. The van der Waals surface area contributed by atoms with Crippen molar-refractivity contribution in [2.24, 2.45) is 0 Å². The minimum Gasteiger partial charge on any atom is -0.406 e. The number of fused-ring (bicyclic) bond motifs is 1. The molecular formula is C21H21BrF3N3O3S. The smallest absolute Gasteiger partial charge is 0.406 e. The molecule has 1 aliphatic rings. The number of likely N-dealkylation sites (N-methyl/N-ethyl adjacent to an activating group) is 1. The Labute approximate surface area is 192 Å². The molecule has 0 radical (unpaired) electrons. The van der Waals surface area contributed by atoms with Crippen molar-refractivity contribution in [1.82, 2.24) is 8.87 Å². The summed E-state index contributed by atoms with van der Waals surface area (Å²) in [5.41, 5.74) is 1.30. The Bertz CT molecular complexity index is 1220. The Morgan fingerprint density at radius 2 is 1.69 bits per heavy atom. The van der Waals surface area contributed by atoms with Crippen molar-refractivity contribution < 1.29 is 26.3 Å². The summed E-state index contributed by atoms with van der Waals surface area (Å²) in [5, 5.41) is 0.782. The SMILES string of the molecule is CCN1CCN(c2cn(S(=O)(=O)c3ccc(OC(F)(F)F)cc3)c3ccc(Br)cc23)CC1. The molecule has 4 rings (SSSR count). The van der Waals surface area contributed by atoms with Crippen molar-refractivity contribution in [1.29, 1.82) is 0 Å². The molecule has 0 N–H and O–H groups in total. The monoisotopic (exact) mass is 531 g/mol. The average molecular weight is 532 g/mol. The molecule has 32 heavy (non-hydrogen) atoms. The van der Waals surface area contributed by atoms with Gasteiger partial charge in [0, 0.05) is 42.2 Å². The topological polar surface area (TPSA) is 54.8 Å². The largest absolute Gasteiger partial charge is 0.573 e. The number of ether oxygens (including phenoxy) is 1. The Morgan fingerprint density at radius 1 is 1.03 bits per heavy atom. The molecule has 2 aromatic carbocycles. The second-order valence-electron chi connectivity index (χ2n) is 7.42. The van der Waals surface area contributed by atoms with E-state index in [9.17, 15) is 21.6 Å². The van der Waals surface area contributed by atoms with E-state index in [0.717, 1.165) is 72.5 Å². The molecule has 1 aromatic heterocycles. The molecule has 11 heteroatoms. The zero-order chi connectivity index (χ0) is 23.1. The summed E-state index contributed by atoms with van der Waals surface area (Å²) >= 11 is 3.46.